The molecule has 0 radical (unpaired) electrons. The smallest absolute Gasteiger partial charge is 0.259 e. The highest BCUT2D eigenvalue weighted by molar-refractivity contribution is 5.85. The first kappa shape index (κ1) is 18.3. The number of aromatic nitrogens is 3. The number of ether oxygens (including phenoxy) is 1. The molecule has 1 aliphatic rings. The van der Waals surface area contributed by atoms with Gasteiger partial charge in [-0.3, -0.25) is 4.90 Å². The van der Waals surface area contributed by atoms with Crippen LogP contribution in [-0.2, 0) is 0 Å². The van der Waals surface area contributed by atoms with Gasteiger partial charge in [0.25, 0.3) is 5.89 Å². The second-order valence-electron chi connectivity index (χ2n) is 5.96. The molecule has 136 valence electrons. The Morgan fingerprint density at radius 2 is 2.04 bits per heavy atom. The first-order chi connectivity index (χ1) is 12.3. The number of hydrogen-bond acceptors (Lipinski definition) is 7. The Kier molecular flexibility index (Phi) is 5.82. The molecule has 1 aliphatic heterocycles. The van der Waals surface area contributed by atoms with Crippen LogP contribution >= 0.6 is 12.4 Å². The van der Waals surface area contributed by atoms with E-state index in [2.05, 4.69) is 32.4 Å². The number of likely N-dealkylation sites (N-methyl/N-ethyl adjacent to an activating group) is 1. The van der Waals surface area contributed by atoms with E-state index in [0.717, 1.165) is 30.9 Å². The Balaban J connectivity index is 0.00000196. The molecule has 3 heterocycles. The molecule has 0 aliphatic carbocycles. The Morgan fingerprint density at radius 3 is 2.77 bits per heavy atom. The van der Waals surface area contributed by atoms with E-state index in [1.54, 1.807) is 12.3 Å². The van der Waals surface area contributed by atoms with Crippen LogP contribution in [-0.4, -0.2) is 46.7 Å². The number of pyridine rings is 1. The zero-order valence-electron chi connectivity index (χ0n) is 14.3. The van der Waals surface area contributed by atoms with E-state index in [4.69, 9.17) is 9.26 Å². The maximum atomic E-state index is 5.69. The van der Waals surface area contributed by atoms with E-state index in [1.165, 1.54) is 0 Å². The zero-order chi connectivity index (χ0) is 17.1. The van der Waals surface area contributed by atoms with Gasteiger partial charge in [-0.1, -0.05) is 23.4 Å². The van der Waals surface area contributed by atoms with Crippen LogP contribution in [0.25, 0.3) is 11.5 Å². The Hall–Kier alpha value is -2.48. The van der Waals surface area contributed by atoms with E-state index in [-0.39, 0.29) is 18.4 Å². The third-order valence-corrected chi connectivity index (χ3v) is 4.20. The SMILES string of the molecule is CN1CCNCC1c1noc(-c2ccc(Oc3ccccc3)nc2)n1.Cl. The van der Waals surface area contributed by atoms with E-state index in [9.17, 15) is 0 Å². The van der Waals surface area contributed by atoms with Crippen LogP contribution in [0.2, 0.25) is 0 Å². The van der Waals surface area contributed by atoms with Crippen LogP contribution < -0.4 is 10.1 Å². The molecule has 1 atom stereocenters. The number of nitrogens with zero attached hydrogens (tertiary/aromatic N) is 4. The van der Waals surface area contributed by atoms with Gasteiger partial charge < -0.3 is 14.6 Å². The van der Waals surface area contributed by atoms with E-state index in [0.29, 0.717) is 17.6 Å². The lowest BCUT2D eigenvalue weighted by Crippen LogP contribution is -2.44. The van der Waals surface area contributed by atoms with E-state index < -0.39 is 0 Å². The van der Waals surface area contributed by atoms with Crippen molar-refractivity contribution in [2.45, 2.75) is 6.04 Å². The van der Waals surface area contributed by atoms with Crippen molar-refractivity contribution in [3.8, 4) is 23.1 Å². The van der Waals surface area contributed by atoms with E-state index >= 15 is 0 Å². The molecule has 7 nitrogen and oxygen atoms in total. The zero-order valence-corrected chi connectivity index (χ0v) is 15.1. The molecule has 8 heteroatoms. The Labute approximate surface area is 157 Å². The van der Waals surface area contributed by atoms with Gasteiger partial charge in [-0.25, -0.2) is 4.98 Å². The fourth-order valence-corrected chi connectivity index (χ4v) is 2.76. The largest absolute Gasteiger partial charge is 0.439 e. The normalized spacial score (nSPS) is 17.5. The van der Waals surface area contributed by atoms with Crippen molar-refractivity contribution in [3.63, 3.8) is 0 Å². The molecule has 1 aromatic carbocycles. The van der Waals surface area contributed by atoms with Gasteiger partial charge in [-0.15, -0.1) is 12.4 Å². The van der Waals surface area contributed by atoms with E-state index in [1.807, 2.05) is 36.4 Å². The highest BCUT2D eigenvalue weighted by Gasteiger charge is 2.25. The summed E-state index contributed by atoms with van der Waals surface area (Å²) in [6.45, 7) is 2.75. The first-order valence-electron chi connectivity index (χ1n) is 8.23. The van der Waals surface area contributed by atoms with Crippen LogP contribution in [0.3, 0.4) is 0 Å². The van der Waals surface area contributed by atoms with Crippen LogP contribution in [0.4, 0.5) is 0 Å². The second kappa shape index (κ2) is 8.27. The molecule has 3 aromatic rings. The summed E-state index contributed by atoms with van der Waals surface area (Å²) < 4.78 is 11.1. The highest BCUT2D eigenvalue weighted by Crippen LogP contribution is 2.24. The minimum absolute atomic E-state index is 0. The third kappa shape index (κ3) is 4.01. The average Bonchev–Trinajstić information content (AvgIpc) is 3.13. The molecule has 0 bridgehead atoms. The number of para-hydroxylation sites is 1. The topological polar surface area (TPSA) is 76.3 Å². The number of nitrogens with one attached hydrogen (secondary N) is 1. The van der Waals surface area contributed by atoms with Gasteiger partial charge in [-0.05, 0) is 25.2 Å². The predicted molar refractivity (Wildman–Crippen MR) is 99.5 cm³/mol. The standard InChI is InChI=1S/C18H19N5O2.ClH/c1-23-10-9-19-12-15(23)17-21-18(25-22-17)13-7-8-16(20-11-13)24-14-5-3-2-4-6-14;/h2-8,11,15,19H,9-10,12H2,1H3;1H. The number of piperazine rings is 1. The number of hydrogen-bond donors (Lipinski definition) is 1. The molecule has 1 N–H and O–H groups in total. The summed E-state index contributed by atoms with van der Waals surface area (Å²) in [6.07, 6.45) is 1.68. The summed E-state index contributed by atoms with van der Waals surface area (Å²) in [7, 11) is 2.07. The van der Waals surface area contributed by atoms with Crippen LogP contribution in [0.1, 0.15) is 11.9 Å². The highest BCUT2D eigenvalue weighted by atomic mass is 35.5. The van der Waals surface area contributed by atoms with Gasteiger partial charge in [0.2, 0.25) is 5.88 Å². The van der Waals surface area contributed by atoms with Crippen LogP contribution in [0.15, 0.2) is 53.2 Å². The summed E-state index contributed by atoms with van der Waals surface area (Å²) in [5.74, 6) is 2.42. The number of benzene rings is 1. The fraction of sp³-hybridized carbons (Fsp3) is 0.278. The maximum absolute atomic E-state index is 5.69. The summed E-state index contributed by atoms with van der Waals surface area (Å²) in [5.41, 5.74) is 0.769. The van der Waals surface area contributed by atoms with Gasteiger partial charge in [0.1, 0.15) is 5.75 Å². The molecule has 1 fully saturated rings. The fourth-order valence-electron chi connectivity index (χ4n) is 2.76. The monoisotopic (exact) mass is 373 g/mol. The number of halogens is 1. The molecule has 4 rings (SSSR count). The lowest BCUT2D eigenvalue weighted by Gasteiger charge is -2.30. The molecule has 1 saturated heterocycles. The van der Waals surface area contributed by atoms with Crippen molar-refractivity contribution in [1.29, 1.82) is 0 Å². The summed E-state index contributed by atoms with van der Waals surface area (Å²) in [6, 6.07) is 13.3. The maximum Gasteiger partial charge on any atom is 0.259 e. The quantitative estimate of drug-likeness (QED) is 0.753. The number of rotatable bonds is 4. The summed E-state index contributed by atoms with van der Waals surface area (Å²) in [5, 5.41) is 7.48. The van der Waals surface area contributed by atoms with Crippen LogP contribution in [0, 0.1) is 0 Å². The second-order valence-corrected chi connectivity index (χ2v) is 5.96. The minimum Gasteiger partial charge on any atom is -0.439 e. The first-order valence-corrected chi connectivity index (χ1v) is 8.23. The molecule has 2 aromatic heterocycles. The predicted octanol–water partition coefficient (Wildman–Crippen LogP) is 2.92. The van der Waals surface area contributed by atoms with Crippen LogP contribution in [0.5, 0.6) is 11.6 Å². The lowest BCUT2D eigenvalue weighted by molar-refractivity contribution is 0.190. The van der Waals surface area contributed by atoms with Gasteiger partial charge in [0.15, 0.2) is 5.82 Å². The molecule has 26 heavy (non-hydrogen) atoms. The molecule has 0 saturated carbocycles. The van der Waals surface area contributed by atoms with Gasteiger partial charge in [0.05, 0.1) is 11.6 Å². The third-order valence-electron chi connectivity index (χ3n) is 4.20. The Morgan fingerprint density at radius 1 is 1.19 bits per heavy atom. The van der Waals surface area contributed by atoms with Crippen molar-refractivity contribution in [3.05, 3.63) is 54.5 Å². The molecule has 0 spiro atoms. The molecular weight excluding hydrogens is 354 g/mol. The van der Waals surface area contributed by atoms with Crippen molar-refractivity contribution in [2.75, 3.05) is 26.7 Å². The summed E-state index contributed by atoms with van der Waals surface area (Å²) in [4.78, 5) is 11.1. The lowest BCUT2D eigenvalue weighted by atomic mass is 10.2. The van der Waals surface area contributed by atoms with Gasteiger partial charge in [0, 0.05) is 31.9 Å². The molecule has 1 unspecified atom stereocenters. The molecule has 0 amide bonds. The van der Waals surface area contributed by atoms with Gasteiger partial charge >= 0.3 is 0 Å². The van der Waals surface area contributed by atoms with Crippen molar-refractivity contribution < 1.29 is 9.26 Å². The minimum atomic E-state index is 0. The van der Waals surface area contributed by atoms with Crippen molar-refractivity contribution >= 4 is 12.4 Å². The Bertz CT molecular complexity index is 825. The average molecular weight is 374 g/mol. The molecular formula is C18H20ClN5O2. The van der Waals surface area contributed by atoms with Gasteiger partial charge in [-0.2, -0.15) is 4.98 Å². The van der Waals surface area contributed by atoms with Crippen molar-refractivity contribution in [1.82, 2.24) is 25.3 Å². The van der Waals surface area contributed by atoms with Crippen molar-refractivity contribution in [2.24, 2.45) is 0 Å². The summed E-state index contributed by atoms with van der Waals surface area (Å²) >= 11 is 0.